The molecule has 3 aliphatic heterocycles. The van der Waals surface area contributed by atoms with Crippen LogP contribution in [-0.4, -0.2) is 48.7 Å². The van der Waals surface area contributed by atoms with E-state index in [4.69, 9.17) is 9.47 Å². The molecule has 0 radical (unpaired) electrons. The zero-order valence-electron chi connectivity index (χ0n) is 13.7. The summed E-state index contributed by atoms with van der Waals surface area (Å²) in [5.41, 5.74) is 0.641. The molecule has 1 N–H and O–H groups in total. The number of ether oxygens (including phenoxy) is 2. The lowest BCUT2D eigenvalue weighted by atomic mass is 9.96. The molecule has 5 nitrogen and oxygen atoms in total. The molecule has 0 aliphatic carbocycles. The Morgan fingerprint density at radius 3 is 2.74 bits per heavy atom. The number of hydrogen-bond acceptors (Lipinski definition) is 4. The van der Waals surface area contributed by atoms with E-state index in [1.54, 1.807) is 6.07 Å². The standard InChI is InChI=1S/C18H24N2O3/c1-11-12(2)23-17-8-14(3-4-16(17)22-11)18(21)19-15-7-13-5-6-20(9-13)10-15/h3-4,8,11-13,15H,5-7,9-10H2,1-2H3,(H,19,21)/t11-,12-,13-,15+/m0/s1. The predicted molar refractivity (Wildman–Crippen MR) is 87.0 cm³/mol. The molecular weight excluding hydrogens is 292 g/mol. The average molecular weight is 316 g/mol. The fourth-order valence-electron chi connectivity index (χ4n) is 3.86. The van der Waals surface area contributed by atoms with Gasteiger partial charge in [-0.15, -0.1) is 0 Å². The van der Waals surface area contributed by atoms with Gasteiger partial charge >= 0.3 is 0 Å². The largest absolute Gasteiger partial charge is 0.483 e. The molecule has 1 aromatic carbocycles. The van der Waals surface area contributed by atoms with Gasteiger partial charge in [0.1, 0.15) is 12.2 Å². The van der Waals surface area contributed by atoms with Gasteiger partial charge < -0.3 is 19.7 Å². The quantitative estimate of drug-likeness (QED) is 0.907. The van der Waals surface area contributed by atoms with Gasteiger partial charge in [-0.3, -0.25) is 4.79 Å². The lowest BCUT2D eigenvalue weighted by molar-refractivity contribution is 0.0428. The normalized spacial score (nSPS) is 35.0. The van der Waals surface area contributed by atoms with Crippen LogP contribution < -0.4 is 14.8 Å². The van der Waals surface area contributed by atoms with Crippen LogP contribution >= 0.6 is 0 Å². The van der Waals surface area contributed by atoms with Gasteiger partial charge in [-0.25, -0.2) is 0 Å². The Morgan fingerprint density at radius 1 is 1.17 bits per heavy atom. The predicted octanol–water partition coefficient (Wildman–Crippen LogP) is 2.06. The van der Waals surface area contributed by atoms with E-state index in [0.717, 1.165) is 18.9 Å². The molecule has 0 spiro atoms. The molecule has 4 rings (SSSR count). The maximum Gasteiger partial charge on any atom is 0.251 e. The van der Waals surface area contributed by atoms with Crippen LogP contribution in [0.15, 0.2) is 18.2 Å². The van der Waals surface area contributed by atoms with Gasteiger partial charge in [-0.05, 0) is 57.4 Å². The van der Waals surface area contributed by atoms with Crippen LogP contribution in [0.2, 0.25) is 0 Å². The van der Waals surface area contributed by atoms with Crippen molar-refractivity contribution < 1.29 is 14.3 Å². The fourth-order valence-corrected chi connectivity index (χ4v) is 3.86. The Kier molecular flexibility index (Phi) is 3.68. The molecule has 5 atom stereocenters. The first-order valence-corrected chi connectivity index (χ1v) is 8.59. The highest BCUT2D eigenvalue weighted by Gasteiger charge is 2.33. The van der Waals surface area contributed by atoms with Crippen molar-refractivity contribution in [3.8, 4) is 11.5 Å². The van der Waals surface area contributed by atoms with E-state index >= 15 is 0 Å². The Balaban J connectivity index is 1.45. The number of amides is 1. The van der Waals surface area contributed by atoms with Crippen molar-refractivity contribution >= 4 is 5.91 Å². The van der Waals surface area contributed by atoms with Gasteiger partial charge in [0.15, 0.2) is 11.5 Å². The third-order valence-corrected chi connectivity index (χ3v) is 5.29. The first-order valence-electron chi connectivity index (χ1n) is 8.59. The van der Waals surface area contributed by atoms with Crippen molar-refractivity contribution in [1.82, 2.24) is 10.2 Å². The maximum atomic E-state index is 12.6. The van der Waals surface area contributed by atoms with Crippen LogP contribution in [0.5, 0.6) is 11.5 Å². The zero-order chi connectivity index (χ0) is 16.0. The molecule has 2 saturated heterocycles. The molecule has 124 valence electrons. The molecule has 3 aliphatic rings. The highest BCUT2D eigenvalue weighted by Crippen LogP contribution is 2.35. The maximum absolute atomic E-state index is 12.6. The molecule has 2 bridgehead atoms. The lowest BCUT2D eigenvalue weighted by Gasteiger charge is -2.31. The summed E-state index contributed by atoms with van der Waals surface area (Å²) in [5.74, 6) is 2.11. The summed E-state index contributed by atoms with van der Waals surface area (Å²) < 4.78 is 11.7. The smallest absolute Gasteiger partial charge is 0.251 e. The summed E-state index contributed by atoms with van der Waals surface area (Å²) in [6.45, 7) is 7.32. The van der Waals surface area contributed by atoms with E-state index in [1.165, 1.54) is 19.5 Å². The van der Waals surface area contributed by atoms with E-state index in [9.17, 15) is 4.79 Å². The van der Waals surface area contributed by atoms with Crippen molar-refractivity contribution in [2.75, 3.05) is 19.6 Å². The van der Waals surface area contributed by atoms with Crippen LogP contribution in [0.4, 0.5) is 0 Å². The minimum Gasteiger partial charge on any atom is -0.483 e. The molecule has 5 heteroatoms. The van der Waals surface area contributed by atoms with Crippen molar-refractivity contribution in [3.63, 3.8) is 0 Å². The number of rotatable bonds is 2. The van der Waals surface area contributed by atoms with Crippen molar-refractivity contribution in [2.45, 2.75) is 44.9 Å². The Morgan fingerprint density at radius 2 is 1.96 bits per heavy atom. The van der Waals surface area contributed by atoms with Gasteiger partial charge in [-0.2, -0.15) is 0 Å². The number of hydrogen-bond donors (Lipinski definition) is 1. The third kappa shape index (κ3) is 2.90. The lowest BCUT2D eigenvalue weighted by Crippen LogP contribution is -2.47. The van der Waals surface area contributed by atoms with E-state index in [0.29, 0.717) is 17.1 Å². The number of nitrogens with zero attached hydrogens (tertiary/aromatic N) is 1. The van der Waals surface area contributed by atoms with Gasteiger partial charge in [0.25, 0.3) is 5.91 Å². The zero-order valence-corrected chi connectivity index (χ0v) is 13.7. The number of nitrogens with one attached hydrogen (secondary N) is 1. The van der Waals surface area contributed by atoms with Crippen LogP contribution in [0.25, 0.3) is 0 Å². The molecule has 1 aromatic rings. The average Bonchev–Trinajstić information content (AvgIpc) is 2.87. The number of carbonyl (C=O) groups excluding carboxylic acids is 1. The minimum absolute atomic E-state index is 0.0115. The van der Waals surface area contributed by atoms with E-state index in [2.05, 4.69) is 10.2 Å². The molecule has 1 amide bonds. The van der Waals surface area contributed by atoms with Gasteiger partial charge in [0, 0.05) is 24.7 Å². The van der Waals surface area contributed by atoms with Crippen LogP contribution in [-0.2, 0) is 0 Å². The van der Waals surface area contributed by atoms with Gasteiger partial charge in [-0.1, -0.05) is 0 Å². The van der Waals surface area contributed by atoms with Crippen molar-refractivity contribution in [2.24, 2.45) is 5.92 Å². The SMILES string of the molecule is C[C@@H]1Oc2ccc(C(=O)N[C@@H]3C[C@@H]4CCN(C4)C3)cc2O[C@H]1C. The van der Waals surface area contributed by atoms with Crippen molar-refractivity contribution in [3.05, 3.63) is 23.8 Å². The summed E-state index contributed by atoms with van der Waals surface area (Å²) in [6, 6.07) is 5.71. The van der Waals surface area contributed by atoms with E-state index in [1.807, 2.05) is 26.0 Å². The minimum atomic E-state index is -0.0184. The summed E-state index contributed by atoms with van der Waals surface area (Å²) in [6.07, 6.45) is 2.38. The molecular formula is C18H24N2O3. The topological polar surface area (TPSA) is 50.8 Å². The molecule has 0 saturated carbocycles. The number of carbonyl (C=O) groups is 1. The summed E-state index contributed by atoms with van der Waals surface area (Å²) >= 11 is 0. The number of fused-ring (bicyclic) bond motifs is 3. The van der Waals surface area contributed by atoms with Crippen molar-refractivity contribution in [1.29, 1.82) is 0 Å². The molecule has 23 heavy (non-hydrogen) atoms. The summed E-state index contributed by atoms with van der Waals surface area (Å²) in [4.78, 5) is 15.0. The van der Waals surface area contributed by atoms with E-state index < -0.39 is 0 Å². The highest BCUT2D eigenvalue weighted by molar-refractivity contribution is 5.95. The van der Waals surface area contributed by atoms with Crippen LogP contribution in [0.3, 0.4) is 0 Å². The van der Waals surface area contributed by atoms with Crippen LogP contribution in [0, 0.1) is 5.92 Å². The summed E-state index contributed by atoms with van der Waals surface area (Å²) in [5, 5.41) is 3.19. The third-order valence-electron chi connectivity index (χ3n) is 5.29. The van der Waals surface area contributed by atoms with E-state index in [-0.39, 0.29) is 24.2 Å². The second-order valence-corrected chi connectivity index (χ2v) is 7.13. The Hall–Kier alpha value is -1.75. The molecule has 3 heterocycles. The number of benzene rings is 1. The molecule has 1 unspecified atom stereocenters. The monoisotopic (exact) mass is 316 g/mol. The van der Waals surface area contributed by atoms with Gasteiger partial charge in [0.2, 0.25) is 0 Å². The second-order valence-electron chi connectivity index (χ2n) is 7.13. The molecule has 2 fully saturated rings. The second kappa shape index (κ2) is 5.71. The van der Waals surface area contributed by atoms with Crippen LogP contribution in [0.1, 0.15) is 37.0 Å². The fraction of sp³-hybridized carbons (Fsp3) is 0.611. The Labute approximate surface area is 136 Å². The Bertz CT molecular complexity index is 606. The molecule has 0 aromatic heterocycles. The highest BCUT2D eigenvalue weighted by atomic mass is 16.6. The number of piperidine rings is 1. The first kappa shape index (κ1) is 14.8. The van der Waals surface area contributed by atoms with Gasteiger partial charge in [0.05, 0.1) is 0 Å². The first-order chi connectivity index (χ1) is 11.1. The summed E-state index contributed by atoms with van der Waals surface area (Å²) in [7, 11) is 0.